The average molecular weight is 482 g/mol. The number of aromatic nitrogens is 1. The summed E-state index contributed by atoms with van der Waals surface area (Å²) < 4.78 is 0.566. The lowest BCUT2D eigenvalue weighted by Crippen LogP contribution is -2.49. The second-order valence-electron chi connectivity index (χ2n) is 8.41. The molecule has 1 fully saturated rings. The summed E-state index contributed by atoms with van der Waals surface area (Å²) in [5.41, 5.74) is 0. The van der Waals surface area contributed by atoms with Crippen LogP contribution in [0.3, 0.4) is 0 Å². The molecule has 0 aliphatic carbocycles. The maximum Gasteiger partial charge on any atom is 0.334 e. The second kappa shape index (κ2) is 13.4. The van der Waals surface area contributed by atoms with Gasteiger partial charge in [-0.05, 0) is 26.7 Å². The standard InChI is InChI=1S/C22H35N5O7/c1-15-4-3-5-16(2)26(15)14-19(30)25-12-9-17(28)23-11-8-18(29)24-13-10-22(33)34-27-20(31)6-7-21(27)32/h6-7,15-16,31-32H,3-5,8-14H2,1-2H3,(H,23,28)(H,24,29)(H,25,30). The Morgan fingerprint density at radius 1 is 0.853 bits per heavy atom. The van der Waals surface area contributed by atoms with Gasteiger partial charge in [-0.1, -0.05) is 6.42 Å². The number of rotatable bonds is 12. The summed E-state index contributed by atoms with van der Waals surface area (Å²) in [5, 5.41) is 26.7. The van der Waals surface area contributed by atoms with Gasteiger partial charge in [-0.25, -0.2) is 4.79 Å². The van der Waals surface area contributed by atoms with Crippen LogP contribution in [0.15, 0.2) is 12.1 Å². The van der Waals surface area contributed by atoms with Crippen LogP contribution in [0.25, 0.3) is 0 Å². The van der Waals surface area contributed by atoms with Gasteiger partial charge in [0, 0.05) is 56.7 Å². The molecule has 1 aromatic heterocycles. The number of aromatic hydroxyl groups is 2. The normalized spacial score (nSPS) is 18.2. The van der Waals surface area contributed by atoms with Gasteiger partial charge >= 0.3 is 5.97 Å². The molecule has 1 aromatic rings. The van der Waals surface area contributed by atoms with Crippen LogP contribution in [0.5, 0.6) is 11.8 Å². The van der Waals surface area contributed by atoms with E-state index in [1.807, 2.05) is 0 Å². The molecule has 0 bridgehead atoms. The predicted molar refractivity (Wildman–Crippen MR) is 122 cm³/mol. The molecule has 0 saturated carbocycles. The minimum Gasteiger partial charge on any atom is -0.492 e. The van der Waals surface area contributed by atoms with E-state index in [-0.39, 0.29) is 56.6 Å². The molecule has 0 spiro atoms. The lowest BCUT2D eigenvalue weighted by atomic mass is 9.97. The number of nitrogens with one attached hydrogen (secondary N) is 3. The Bertz CT molecular complexity index is 827. The predicted octanol–water partition coefficient (Wildman–Crippen LogP) is -0.364. The highest BCUT2D eigenvalue weighted by Crippen LogP contribution is 2.21. The van der Waals surface area contributed by atoms with Crippen molar-refractivity contribution in [3.8, 4) is 11.8 Å². The fourth-order valence-electron chi connectivity index (χ4n) is 3.76. The lowest BCUT2D eigenvalue weighted by molar-refractivity contribution is -0.145. The molecule has 0 aromatic carbocycles. The first-order chi connectivity index (χ1) is 16.2. The Balaban J connectivity index is 1.51. The fraction of sp³-hybridized carbons (Fsp3) is 0.636. The Kier molecular flexibility index (Phi) is 10.7. The molecule has 3 amide bonds. The number of hydrogen-bond donors (Lipinski definition) is 5. The van der Waals surface area contributed by atoms with Crippen LogP contribution in [0, 0.1) is 0 Å². The number of nitrogens with zero attached hydrogens (tertiary/aromatic N) is 2. The molecule has 2 atom stereocenters. The van der Waals surface area contributed by atoms with Gasteiger partial charge in [-0.15, -0.1) is 4.73 Å². The highest BCUT2D eigenvalue weighted by Gasteiger charge is 2.26. The number of piperidine rings is 1. The molecule has 1 saturated heterocycles. The molecule has 12 nitrogen and oxygen atoms in total. The summed E-state index contributed by atoms with van der Waals surface area (Å²) in [6.45, 7) is 4.91. The zero-order valence-corrected chi connectivity index (χ0v) is 19.7. The molecule has 34 heavy (non-hydrogen) atoms. The van der Waals surface area contributed by atoms with Gasteiger partial charge in [0.1, 0.15) is 0 Å². The molecule has 0 radical (unpaired) electrons. The van der Waals surface area contributed by atoms with Crippen LogP contribution in [0.2, 0.25) is 0 Å². The molecule has 1 aliphatic rings. The van der Waals surface area contributed by atoms with E-state index in [1.54, 1.807) is 0 Å². The topological polar surface area (TPSA) is 162 Å². The number of likely N-dealkylation sites (tertiary alicyclic amines) is 1. The summed E-state index contributed by atoms with van der Waals surface area (Å²) in [6.07, 6.45) is 3.31. The van der Waals surface area contributed by atoms with Crippen molar-refractivity contribution >= 4 is 23.7 Å². The Labute approximate surface area is 198 Å². The minimum atomic E-state index is -0.762. The van der Waals surface area contributed by atoms with Crippen molar-refractivity contribution in [2.24, 2.45) is 0 Å². The van der Waals surface area contributed by atoms with Gasteiger partial charge in [0.2, 0.25) is 29.5 Å². The molecule has 5 N–H and O–H groups in total. The molecule has 1 aliphatic heterocycles. The zero-order valence-electron chi connectivity index (χ0n) is 19.7. The third kappa shape index (κ3) is 8.93. The smallest absolute Gasteiger partial charge is 0.334 e. The van der Waals surface area contributed by atoms with E-state index in [2.05, 4.69) is 34.7 Å². The molecule has 2 unspecified atom stereocenters. The number of carbonyl (C=O) groups is 4. The molecular formula is C22H35N5O7. The summed E-state index contributed by atoms with van der Waals surface area (Å²) in [4.78, 5) is 54.5. The van der Waals surface area contributed by atoms with Crippen LogP contribution in [0.1, 0.15) is 52.4 Å². The zero-order chi connectivity index (χ0) is 25.1. The van der Waals surface area contributed by atoms with Crippen molar-refractivity contribution in [3.05, 3.63) is 12.1 Å². The van der Waals surface area contributed by atoms with E-state index in [0.29, 0.717) is 23.4 Å². The summed E-state index contributed by atoms with van der Waals surface area (Å²) in [5.74, 6) is -2.37. The van der Waals surface area contributed by atoms with Crippen LogP contribution in [-0.4, -0.2) is 81.8 Å². The van der Waals surface area contributed by atoms with Gasteiger partial charge in [0.05, 0.1) is 13.0 Å². The van der Waals surface area contributed by atoms with E-state index < -0.39 is 17.7 Å². The quantitative estimate of drug-likeness (QED) is 0.270. The maximum atomic E-state index is 12.2. The van der Waals surface area contributed by atoms with E-state index in [0.717, 1.165) is 25.0 Å². The minimum absolute atomic E-state index is 0.00527. The first-order valence-corrected chi connectivity index (χ1v) is 11.5. The van der Waals surface area contributed by atoms with Crippen molar-refractivity contribution < 1.29 is 34.2 Å². The maximum absolute atomic E-state index is 12.2. The van der Waals surface area contributed by atoms with Crippen molar-refractivity contribution in [2.75, 3.05) is 26.2 Å². The van der Waals surface area contributed by atoms with E-state index in [4.69, 9.17) is 4.84 Å². The molecule has 2 heterocycles. The second-order valence-corrected chi connectivity index (χ2v) is 8.41. The Morgan fingerprint density at radius 3 is 1.85 bits per heavy atom. The third-order valence-electron chi connectivity index (χ3n) is 5.69. The lowest BCUT2D eigenvalue weighted by Gasteiger charge is -2.38. The third-order valence-corrected chi connectivity index (χ3v) is 5.69. The molecule has 2 rings (SSSR count). The highest BCUT2D eigenvalue weighted by molar-refractivity contribution is 5.81. The summed E-state index contributed by atoms with van der Waals surface area (Å²) in [7, 11) is 0. The van der Waals surface area contributed by atoms with E-state index in [9.17, 15) is 29.4 Å². The van der Waals surface area contributed by atoms with Gasteiger partial charge < -0.3 is 31.0 Å². The number of carbonyl (C=O) groups excluding carboxylic acids is 4. The summed E-state index contributed by atoms with van der Waals surface area (Å²) in [6, 6.07) is 3.05. The first kappa shape index (κ1) is 27.0. The van der Waals surface area contributed by atoms with E-state index in [1.165, 1.54) is 6.42 Å². The van der Waals surface area contributed by atoms with Crippen molar-refractivity contribution in [1.29, 1.82) is 0 Å². The van der Waals surface area contributed by atoms with Crippen LogP contribution in [0.4, 0.5) is 0 Å². The first-order valence-electron chi connectivity index (χ1n) is 11.5. The molecule has 190 valence electrons. The molecular weight excluding hydrogens is 446 g/mol. The van der Waals surface area contributed by atoms with Crippen LogP contribution < -0.4 is 20.8 Å². The van der Waals surface area contributed by atoms with E-state index >= 15 is 0 Å². The largest absolute Gasteiger partial charge is 0.492 e. The van der Waals surface area contributed by atoms with Crippen LogP contribution in [-0.2, 0) is 19.2 Å². The van der Waals surface area contributed by atoms with Crippen molar-refractivity contribution in [3.63, 3.8) is 0 Å². The van der Waals surface area contributed by atoms with Gasteiger partial charge in [-0.2, -0.15) is 0 Å². The van der Waals surface area contributed by atoms with Gasteiger partial charge in [0.25, 0.3) is 0 Å². The van der Waals surface area contributed by atoms with Gasteiger partial charge in [0.15, 0.2) is 0 Å². The monoisotopic (exact) mass is 481 g/mol. The van der Waals surface area contributed by atoms with Crippen LogP contribution >= 0.6 is 0 Å². The average Bonchev–Trinajstić information content (AvgIpc) is 3.08. The summed E-state index contributed by atoms with van der Waals surface area (Å²) >= 11 is 0. The highest BCUT2D eigenvalue weighted by atomic mass is 16.7. The SMILES string of the molecule is CC1CCCC(C)N1CC(=O)NCCC(=O)NCCC(=O)NCCC(=O)On1c(O)ccc1O. The van der Waals surface area contributed by atoms with Crippen molar-refractivity contribution in [1.82, 2.24) is 25.6 Å². The Morgan fingerprint density at radius 2 is 1.32 bits per heavy atom. The molecule has 12 heteroatoms. The van der Waals surface area contributed by atoms with Crippen molar-refractivity contribution in [2.45, 2.75) is 64.5 Å². The number of amides is 3. The van der Waals surface area contributed by atoms with Gasteiger partial charge in [-0.3, -0.25) is 19.3 Å². The number of hydrogen-bond acceptors (Lipinski definition) is 8. The Hall–Kier alpha value is -3.28. The fourth-order valence-corrected chi connectivity index (χ4v) is 3.76.